The number of hydrogen-bond acceptors (Lipinski definition) is 2. The highest BCUT2D eigenvalue weighted by atomic mass is 19.1. The molecule has 112 valence electrons. The summed E-state index contributed by atoms with van der Waals surface area (Å²) in [5.74, 6) is 0.112. The normalized spacial score (nSPS) is 15.7. The molecule has 1 fully saturated rings. The average Bonchev–Trinajstić information content (AvgIpc) is 3.05. The molecule has 1 aromatic carbocycles. The second-order valence-corrected chi connectivity index (χ2v) is 5.79. The summed E-state index contributed by atoms with van der Waals surface area (Å²) >= 11 is 0. The van der Waals surface area contributed by atoms with Gasteiger partial charge in [0.15, 0.2) is 0 Å². The molecule has 3 rings (SSSR count). The van der Waals surface area contributed by atoms with Crippen molar-refractivity contribution in [1.82, 2.24) is 9.36 Å². The van der Waals surface area contributed by atoms with E-state index in [2.05, 4.69) is 0 Å². The Morgan fingerprint density at radius 1 is 1.24 bits per heavy atom. The molecule has 0 bridgehead atoms. The summed E-state index contributed by atoms with van der Waals surface area (Å²) in [6, 6.07) is 6.20. The van der Waals surface area contributed by atoms with Gasteiger partial charge >= 0.3 is 0 Å². The minimum absolute atomic E-state index is 0.149. The fourth-order valence-corrected chi connectivity index (χ4v) is 3.31. The fraction of sp³-hybridized carbons (Fsp3) is 0.438. The van der Waals surface area contributed by atoms with Gasteiger partial charge in [0, 0.05) is 13.0 Å². The Morgan fingerprint density at radius 3 is 2.48 bits per heavy atom. The Labute approximate surface area is 123 Å². The zero-order chi connectivity index (χ0) is 15.0. The number of benzene rings is 1. The molecular weight excluding hydrogens is 269 g/mol. The zero-order valence-electron chi connectivity index (χ0n) is 12.2. The van der Waals surface area contributed by atoms with Gasteiger partial charge in [0.05, 0.1) is 12.2 Å². The molecule has 2 aromatic rings. The maximum atomic E-state index is 13.0. The van der Waals surface area contributed by atoms with Crippen LogP contribution in [0.5, 0.6) is 0 Å². The first-order valence-corrected chi connectivity index (χ1v) is 7.37. The standard InChI is InChI=1S/C16H20FN3O/c1-19-15(12-4-2-3-5-12)14(18)16(21)20(19)10-11-6-8-13(17)9-7-11/h6-9,12H,2-5,10,18H2,1H3. The van der Waals surface area contributed by atoms with Crippen molar-refractivity contribution in [2.75, 3.05) is 5.73 Å². The van der Waals surface area contributed by atoms with E-state index in [1.165, 1.54) is 25.0 Å². The van der Waals surface area contributed by atoms with Crippen LogP contribution in [0.3, 0.4) is 0 Å². The lowest BCUT2D eigenvalue weighted by atomic mass is 10.0. The Bertz CT molecular complexity index is 694. The molecule has 21 heavy (non-hydrogen) atoms. The third kappa shape index (κ3) is 2.48. The van der Waals surface area contributed by atoms with E-state index in [1.54, 1.807) is 16.8 Å². The topological polar surface area (TPSA) is 52.9 Å². The molecule has 1 aromatic heterocycles. The lowest BCUT2D eigenvalue weighted by Gasteiger charge is -2.14. The first kappa shape index (κ1) is 13.9. The van der Waals surface area contributed by atoms with E-state index in [0.717, 1.165) is 24.1 Å². The summed E-state index contributed by atoms with van der Waals surface area (Å²) in [5.41, 5.74) is 8.11. The lowest BCUT2D eigenvalue weighted by Crippen LogP contribution is -2.23. The maximum absolute atomic E-state index is 13.0. The van der Waals surface area contributed by atoms with Gasteiger partial charge in [-0.1, -0.05) is 25.0 Å². The highest BCUT2D eigenvalue weighted by molar-refractivity contribution is 5.44. The third-order valence-corrected chi connectivity index (χ3v) is 4.44. The fourth-order valence-electron chi connectivity index (χ4n) is 3.31. The van der Waals surface area contributed by atoms with Crippen LogP contribution < -0.4 is 11.3 Å². The summed E-state index contributed by atoms with van der Waals surface area (Å²) in [6.45, 7) is 0.409. The Morgan fingerprint density at radius 2 is 1.86 bits per heavy atom. The second kappa shape index (κ2) is 5.39. The number of anilines is 1. The van der Waals surface area contributed by atoms with Crippen molar-refractivity contribution in [2.45, 2.75) is 38.1 Å². The molecule has 4 nitrogen and oxygen atoms in total. The summed E-state index contributed by atoms with van der Waals surface area (Å²) < 4.78 is 16.5. The zero-order valence-corrected chi connectivity index (χ0v) is 12.2. The van der Waals surface area contributed by atoms with Crippen LogP contribution >= 0.6 is 0 Å². The molecule has 1 heterocycles. The minimum atomic E-state index is -0.274. The SMILES string of the molecule is Cn1c(C2CCCC2)c(N)c(=O)n1Cc1ccc(F)cc1. The maximum Gasteiger partial charge on any atom is 0.290 e. The molecular formula is C16H20FN3O. The smallest absolute Gasteiger partial charge is 0.290 e. The largest absolute Gasteiger partial charge is 0.393 e. The van der Waals surface area contributed by atoms with Crippen molar-refractivity contribution in [2.24, 2.45) is 7.05 Å². The predicted molar refractivity (Wildman–Crippen MR) is 80.8 cm³/mol. The van der Waals surface area contributed by atoms with Gasteiger partial charge in [-0.05, 0) is 30.5 Å². The summed E-state index contributed by atoms with van der Waals surface area (Å²) in [4.78, 5) is 12.4. The Kier molecular flexibility index (Phi) is 3.57. The van der Waals surface area contributed by atoms with Crippen LogP contribution in [0.1, 0.15) is 42.9 Å². The summed E-state index contributed by atoms with van der Waals surface area (Å²) in [5, 5.41) is 0. The molecule has 0 atom stereocenters. The van der Waals surface area contributed by atoms with Gasteiger partial charge in [0.1, 0.15) is 11.5 Å². The van der Waals surface area contributed by atoms with Crippen LogP contribution in [0.2, 0.25) is 0 Å². The lowest BCUT2D eigenvalue weighted by molar-refractivity contribution is 0.497. The number of rotatable bonds is 3. The van der Waals surface area contributed by atoms with Crippen LogP contribution in [-0.2, 0) is 13.6 Å². The number of halogens is 1. The molecule has 0 aliphatic heterocycles. The van der Waals surface area contributed by atoms with Gasteiger partial charge in [0.25, 0.3) is 5.56 Å². The molecule has 2 N–H and O–H groups in total. The summed E-state index contributed by atoms with van der Waals surface area (Å²) in [7, 11) is 1.88. The second-order valence-electron chi connectivity index (χ2n) is 5.79. The van der Waals surface area contributed by atoms with E-state index in [-0.39, 0.29) is 11.4 Å². The van der Waals surface area contributed by atoms with Gasteiger partial charge in [-0.25, -0.2) is 9.07 Å². The molecule has 0 amide bonds. The first-order valence-electron chi connectivity index (χ1n) is 7.37. The molecule has 0 saturated heterocycles. The van der Waals surface area contributed by atoms with E-state index >= 15 is 0 Å². The van der Waals surface area contributed by atoms with Gasteiger partial charge in [0.2, 0.25) is 0 Å². The monoisotopic (exact) mass is 289 g/mol. The Balaban J connectivity index is 1.97. The van der Waals surface area contributed by atoms with E-state index in [1.807, 2.05) is 11.7 Å². The third-order valence-electron chi connectivity index (χ3n) is 4.44. The quantitative estimate of drug-likeness (QED) is 0.944. The van der Waals surface area contributed by atoms with Gasteiger partial charge < -0.3 is 5.73 Å². The van der Waals surface area contributed by atoms with Crippen LogP contribution in [-0.4, -0.2) is 9.36 Å². The predicted octanol–water partition coefficient (Wildman–Crippen LogP) is 2.61. The van der Waals surface area contributed by atoms with Crippen LogP contribution in [0, 0.1) is 5.82 Å². The molecule has 0 spiro atoms. The van der Waals surface area contributed by atoms with Crippen LogP contribution in [0.25, 0.3) is 0 Å². The molecule has 1 saturated carbocycles. The number of hydrogen-bond donors (Lipinski definition) is 1. The van der Waals surface area contributed by atoms with E-state index < -0.39 is 0 Å². The van der Waals surface area contributed by atoms with Crippen molar-refractivity contribution in [3.8, 4) is 0 Å². The highest BCUT2D eigenvalue weighted by Crippen LogP contribution is 2.35. The van der Waals surface area contributed by atoms with Crippen molar-refractivity contribution in [1.29, 1.82) is 0 Å². The van der Waals surface area contributed by atoms with Crippen molar-refractivity contribution in [3.63, 3.8) is 0 Å². The van der Waals surface area contributed by atoms with Gasteiger partial charge in [-0.15, -0.1) is 0 Å². The number of nitrogens with two attached hydrogens (primary N) is 1. The first-order chi connectivity index (χ1) is 10.1. The van der Waals surface area contributed by atoms with Gasteiger partial charge in [-0.3, -0.25) is 9.48 Å². The molecule has 0 unspecified atom stereocenters. The van der Waals surface area contributed by atoms with Crippen molar-refractivity contribution < 1.29 is 4.39 Å². The summed E-state index contributed by atoms with van der Waals surface area (Å²) in [6.07, 6.45) is 4.58. The minimum Gasteiger partial charge on any atom is -0.393 e. The van der Waals surface area contributed by atoms with Gasteiger partial charge in [-0.2, -0.15) is 0 Å². The van der Waals surface area contributed by atoms with E-state index in [9.17, 15) is 9.18 Å². The molecule has 5 heteroatoms. The Hall–Kier alpha value is -2.04. The number of nitrogen functional groups attached to an aromatic ring is 1. The molecule has 1 aliphatic carbocycles. The van der Waals surface area contributed by atoms with E-state index in [0.29, 0.717) is 18.2 Å². The number of nitrogens with zero attached hydrogens (tertiary/aromatic N) is 2. The molecule has 0 radical (unpaired) electrons. The molecule has 1 aliphatic rings. The highest BCUT2D eigenvalue weighted by Gasteiger charge is 2.26. The van der Waals surface area contributed by atoms with Crippen LogP contribution in [0.15, 0.2) is 29.1 Å². The van der Waals surface area contributed by atoms with E-state index in [4.69, 9.17) is 5.73 Å². The van der Waals surface area contributed by atoms with Crippen LogP contribution in [0.4, 0.5) is 10.1 Å². The van der Waals surface area contributed by atoms with Crippen molar-refractivity contribution in [3.05, 3.63) is 51.7 Å². The number of aromatic nitrogens is 2. The average molecular weight is 289 g/mol. The van der Waals surface area contributed by atoms with Crippen molar-refractivity contribution >= 4 is 5.69 Å².